The monoisotopic (exact) mass is 427 g/mol. The second-order valence-corrected chi connectivity index (χ2v) is 7.63. The first kappa shape index (κ1) is 19.5. The maximum atomic E-state index is 13.0. The highest BCUT2D eigenvalue weighted by molar-refractivity contribution is 9.10. The number of rotatable bonds is 7. The zero-order valence-electron chi connectivity index (χ0n) is 15.2. The van der Waals surface area contributed by atoms with Crippen LogP contribution in [0.15, 0.2) is 59.1 Å². The van der Waals surface area contributed by atoms with E-state index in [9.17, 15) is 14.7 Å². The fourth-order valence-corrected chi connectivity index (χ4v) is 3.66. The standard InChI is InChI=1S/C22H22BrNO3/c1-2-3-13-24-20-12-10-17(23)14-19(20)22(27,21(24)26)15-18(25)11-9-16-7-5-4-6-8-16/h4-12,14,27H,2-3,13,15H2,1H3. The highest BCUT2D eigenvalue weighted by Gasteiger charge is 2.50. The minimum atomic E-state index is -1.83. The molecule has 0 fully saturated rings. The van der Waals surface area contributed by atoms with Gasteiger partial charge in [0.2, 0.25) is 0 Å². The molecule has 5 heteroatoms. The lowest BCUT2D eigenvalue weighted by Crippen LogP contribution is -2.42. The summed E-state index contributed by atoms with van der Waals surface area (Å²) in [5, 5.41) is 11.2. The molecule has 0 saturated heterocycles. The van der Waals surface area contributed by atoms with Gasteiger partial charge < -0.3 is 10.0 Å². The van der Waals surface area contributed by atoms with Gasteiger partial charge in [0.15, 0.2) is 11.4 Å². The van der Waals surface area contributed by atoms with Gasteiger partial charge in [0.05, 0.1) is 12.1 Å². The van der Waals surface area contributed by atoms with E-state index in [4.69, 9.17) is 0 Å². The van der Waals surface area contributed by atoms with Gasteiger partial charge in [-0.1, -0.05) is 65.7 Å². The summed E-state index contributed by atoms with van der Waals surface area (Å²) < 4.78 is 0.761. The Balaban J connectivity index is 1.87. The van der Waals surface area contributed by atoms with Crippen molar-refractivity contribution in [2.45, 2.75) is 31.8 Å². The quantitative estimate of drug-likeness (QED) is 0.663. The van der Waals surface area contributed by atoms with Crippen LogP contribution in [-0.2, 0) is 15.2 Å². The number of fused-ring (bicyclic) bond motifs is 1. The summed E-state index contributed by atoms with van der Waals surface area (Å²) in [5.41, 5.74) is 0.229. The van der Waals surface area contributed by atoms with E-state index < -0.39 is 11.5 Å². The Morgan fingerprint density at radius 2 is 1.96 bits per heavy atom. The number of amides is 1. The molecule has 2 aromatic rings. The van der Waals surface area contributed by atoms with E-state index in [1.54, 1.807) is 17.0 Å². The molecule has 140 valence electrons. The number of aliphatic hydroxyl groups is 1. The molecule has 0 spiro atoms. The third-order valence-electron chi connectivity index (χ3n) is 4.72. The van der Waals surface area contributed by atoms with E-state index in [1.165, 1.54) is 6.08 Å². The maximum absolute atomic E-state index is 13.0. The molecule has 1 atom stereocenters. The average Bonchev–Trinajstić information content (AvgIpc) is 2.86. The third-order valence-corrected chi connectivity index (χ3v) is 5.21. The van der Waals surface area contributed by atoms with Crippen molar-refractivity contribution in [2.75, 3.05) is 11.4 Å². The summed E-state index contributed by atoms with van der Waals surface area (Å²) >= 11 is 3.40. The van der Waals surface area contributed by atoms with E-state index in [2.05, 4.69) is 15.9 Å². The first-order valence-corrected chi connectivity index (χ1v) is 9.85. The van der Waals surface area contributed by atoms with Gasteiger partial charge in [0, 0.05) is 16.6 Å². The van der Waals surface area contributed by atoms with Crippen molar-refractivity contribution in [3.05, 3.63) is 70.2 Å². The zero-order chi connectivity index (χ0) is 19.4. The van der Waals surface area contributed by atoms with Crippen molar-refractivity contribution < 1.29 is 14.7 Å². The molecule has 0 aromatic heterocycles. The Morgan fingerprint density at radius 1 is 1.22 bits per heavy atom. The molecule has 27 heavy (non-hydrogen) atoms. The van der Waals surface area contributed by atoms with Crippen LogP contribution < -0.4 is 4.90 Å². The van der Waals surface area contributed by atoms with Crippen molar-refractivity contribution in [1.82, 2.24) is 0 Å². The molecule has 0 aliphatic carbocycles. The molecule has 0 radical (unpaired) electrons. The Kier molecular flexibility index (Phi) is 5.92. The predicted molar refractivity (Wildman–Crippen MR) is 110 cm³/mol. The minimum absolute atomic E-state index is 0.277. The number of halogens is 1. The van der Waals surface area contributed by atoms with Crippen molar-refractivity contribution in [1.29, 1.82) is 0 Å². The molecule has 1 aliphatic heterocycles. The second-order valence-electron chi connectivity index (χ2n) is 6.72. The molecule has 0 saturated carbocycles. The van der Waals surface area contributed by atoms with Gasteiger partial charge >= 0.3 is 0 Å². The molecule has 0 bridgehead atoms. The number of hydrogen-bond acceptors (Lipinski definition) is 3. The maximum Gasteiger partial charge on any atom is 0.264 e. The van der Waals surface area contributed by atoms with Crippen LogP contribution >= 0.6 is 15.9 Å². The lowest BCUT2D eigenvalue weighted by Gasteiger charge is -2.22. The Bertz CT molecular complexity index is 878. The van der Waals surface area contributed by atoms with Gasteiger partial charge in [-0.2, -0.15) is 0 Å². The van der Waals surface area contributed by atoms with Crippen LogP contribution in [0.3, 0.4) is 0 Å². The molecule has 4 nitrogen and oxygen atoms in total. The predicted octanol–water partition coefficient (Wildman–Crippen LogP) is 4.46. The van der Waals surface area contributed by atoms with E-state index in [0.29, 0.717) is 17.8 Å². The fourth-order valence-electron chi connectivity index (χ4n) is 3.30. The largest absolute Gasteiger partial charge is 0.375 e. The molecule has 1 unspecified atom stereocenters. The number of carbonyl (C=O) groups excluding carboxylic acids is 2. The van der Waals surface area contributed by atoms with E-state index in [0.717, 1.165) is 22.9 Å². The van der Waals surface area contributed by atoms with Gasteiger partial charge in [-0.3, -0.25) is 9.59 Å². The van der Waals surface area contributed by atoms with Gasteiger partial charge in [0.25, 0.3) is 5.91 Å². The number of anilines is 1. The average molecular weight is 428 g/mol. The topological polar surface area (TPSA) is 57.6 Å². The molecule has 1 amide bonds. The van der Waals surface area contributed by atoms with Crippen LogP contribution in [0.2, 0.25) is 0 Å². The van der Waals surface area contributed by atoms with Crippen molar-refractivity contribution >= 4 is 39.4 Å². The van der Waals surface area contributed by atoms with Crippen molar-refractivity contribution in [2.24, 2.45) is 0 Å². The SMILES string of the molecule is CCCCN1C(=O)C(O)(CC(=O)C=Cc2ccccc2)c2cc(Br)ccc21. The molecular weight excluding hydrogens is 406 g/mol. The third kappa shape index (κ3) is 4.04. The molecule has 2 aromatic carbocycles. The van der Waals surface area contributed by atoms with Crippen LogP contribution in [0.5, 0.6) is 0 Å². The lowest BCUT2D eigenvalue weighted by molar-refractivity contribution is -0.140. The van der Waals surface area contributed by atoms with Crippen LogP contribution in [0, 0.1) is 0 Å². The summed E-state index contributed by atoms with van der Waals surface area (Å²) in [4.78, 5) is 27.1. The normalized spacial score (nSPS) is 18.9. The Morgan fingerprint density at radius 3 is 2.67 bits per heavy atom. The molecule has 3 rings (SSSR count). The van der Waals surface area contributed by atoms with Crippen LogP contribution in [0.4, 0.5) is 5.69 Å². The first-order valence-electron chi connectivity index (χ1n) is 9.06. The smallest absolute Gasteiger partial charge is 0.264 e. The first-order chi connectivity index (χ1) is 13.0. The summed E-state index contributed by atoms with van der Waals surface area (Å²) in [7, 11) is 0. The summed E-state index contributed by atoms with van der Waals surface area (Å²) in [6.45, 7) is 2.58. The number of ketones is 1. The molecule has 1 heterocycles. The van der Waals surface area contributed by atoms with Gasteiger partial charge in [0.1, 0.15) is 0 Å². The van der Waals surface area contributed by atoms with Crippen molar-refractivity contribution in [3.8, 4) is 0 Å². The van der Waals surface area contributed by atoms with Crippen LogP contribution in [0.25, 0.3) is 6.08 Å². The number of benzene rings is 2. The van der Waals surface area contributed by atoms with E-state index in [1.807, 2.05) is 49.4 Å². The van der Waals surface area contributed by atoms with Crippen molar-refractivity contribution in [3.63, 3.8) is 0 Å². The molecular formula is C22H22BrNO3. The van der Waals surface area contributed by atoms with E-state index in [-0.39, 0.29) is 12.2 Å². The Labute approximate surface area is 167 Å². The number of carbonyl (C=O) groups is 2. The summed E-state index contributed by atoms with van der Waals surface area (Å²) in [6.07, 6.45) is 4.61. The lowest BCUT2D eigenvalue weighted by atomic mass is 9.89. The van der Waals surface area contributed by atoms with E-state index >= 15 is 0 Å². The minimum Gasteiger partial charge on any atom is -0.375 e. The van der Waals surface area contributed by atoms with Crippen LogP contribution in [-0.4, -0.2) is 23.3 Å². The fraction of sp³-hybridized carbons (Fsp3) is 0.273. The highest BCUT2D eigenvalue weighted by atomic mass is 79.9. The number of unbranched alkanes of at least 4 members (excludes halogenated alkanes) is 1. The number of allylic oxidation sites excluding steroid dienone is 1. The molecule has 1 N–H and O–H groups in total. The highest BCUT2D eigenvalue weighted by Crippen LogP contribution is 2.43. The Hall–Kier alpha value is -2.24. The molecule has 1 aliphatic rings. The van der Waals surface area contributed by atoms with Crippen LogP contribution in [0.1, 0.15) is 37.3 Å². The number of hydrogen-bond donors (Lipinski definition) is 1. The number of nitrogens with zero attached hydrogens (tertiary/aromatic N) is 1. The zero-order valence-corrected chi connectivity index (χ0v) is 16.8. The van der Waals surface area contributed by atoms with Gasteiger partial charge in [-0.05, 0) is 36.3 Å². The summed E-state index contributed by atoms with van der Waals surface area (Å²) in [5.74, 6) is -0.719. The van der Waals surface area contributed by atoms with Gasteiger partial charge in [-0.25, -0.2) is 0 Å². The summed E-state index contributed by atoms with van der Waals surface area (Å²) in [6, 6.07) is 14.8. The van der Waals surface area contributed by atoms with Gasteiger partial charge in [-0.15, -0.1) is 0 Å². The second kappa shape index (κ2) is 8.19.